The standard InChI is InChI=1S/C34H39ClN6O3/c1-34(2,28-13-24(16-36)14-29(35)15-28)27-3-5-31(6-4-27)44-22-30-7-10-37-32(38-30)41-20-25-18-39(19-26(25)21-41)17-23-8-11-40(12-9-23)33(42)43/h3-7,10,13-15,23,25-26H,8-9,11-12,17-22H2,1-2H3,(H,42,43). The van der Waals surface area contributed by atoms with Gasteiger partial charge in [-0.1, -0.05) is 37.6 Å². The molecular formula is C34H39ClN6O3. The van der Waals surface area contributed by atoms with Crippen LogP contribution in [0.1, 0.15) is 49.1 Å². The molecule has 2 atom stereocenters. The second kappa shape index (κ2) is 12.6. The minimum Gasteiger partial charge on any atom is -0.487 e. The Hall–Kier alpha value is -3.87. The number of nitriles is 1. The molecule has 0 aliphatic carbocycles. The van der Waals surface area contributed by atoms with E-state index in [1.54, 1.807) is 11.0 Å². The average molecular weight is 615 g/mol. The highest BCUT2D eigenvalue weighted by molar-refractivity contribution is 6.30. The maximum atomic E-state index is 11.2. The van der Waals surface area contributed by atoms with E-state index in [0.717, 1.165) is 74.1 Å². The maximum absolute atomic E-state index is 11.2. The number of rotatable bonds is 8. The SMILES string of the molecule is CC(C)(c1ccc(OCc2ccnc(N3CC4CN(CC5CCN(C(=O)O)CC5)CC4C3)n2)cc1)c1cc(Cl)cc(C#N)c1. The number of halogens is 1. The van der Waals surface area contributed by atoms with Gasteiger partial charge in [-0.2, -0.15) is 5.26 Å². The summed E-state index contributed by atoms with van der Waals surface area (Å²) >= 11 is 6.27. The molecular weight excluding hydrogens is 576 g/mol. The summed E-state index contributed by atoms with van der Waals surface area (Å²) < 4.78 is 6.10. The van der Waals surface area contributed by atoms with E-state index in [2.05, 4.69) is 46.8 Å². The van der Waals surface area contributed by atoms with Crippen molar-refractivity contribution in [2.75, 3.05) is 50.7 Å². The third kappa shape index (κ3) is 6.62. The smallest absolute Gasteiger partial charge is 0.407 e. The maximum Gasteiger partial charge on any atom is 0.407 e. The van der Waals surface area contributed by atoms with Crippen molar-refractivity contribution < 1.29 is 14.6 Å². The van der Waals surface area contributed by atoms with Crippen LogP contribution in [-0.2, 0) is 12.0 Å². The van der Waals surface area contributed by atoms with Crippen LogP contribution in [0, 0.1) is 29.1 Å². The van der Waals surface area contributed by atoms with Gasteiger partial charge in [-0.15, -0.1) is 0 Å². The molecule has 0 bridgehead atoms. The Morgan fingerprint density at radius 3 is 2.41 bits per heavy atom. The van der Waals surface area contributed by atoms with E-state index in [1.807, 2.05) is 36.5 Å². The van der Waals surface area contributed by atoms with E-state index in [9.17, 15) is 15.2 Å². The zero-order valence-electron chi connectivity index (χ0n) is 25.3. The van der Waals surface area contributed by atoms with Gasteiger partial charge in [0.1, 0.15) is 12.4 Å². The highest BCUT2D eigenvalue weighted by Crippen LogP contribution is 2.36. The van der Waals surface area contributed by atoms with Crippen molar-refractivity contribution in [2.45, 2.75) is 38.7 Å². The summed E-state index contributed by atoms with van der Waals surface area (Å²) in [6, 6.07) is 17.6. The van der Waals surface area contributed by atoms with Crippen LogP contribution in [0.5, 0.6) is 5.75 Å². The number of fused-ring (bicyclic) bond motifs is 1. The fraction of sp³-hybridized carbons (Fsp3) is 0.471. The van der Waals surface area contributed by atoms with Crippen LogP contribution in [0.2, 0.25) is 5.02 Å². The number of piperidine rings is 1. The fourth-order valence-corrected chi connectivity index (χ4v) is 7.23. The van der Waals surface area contributed by atoms with Gasteiger partial charge in [0.05, 0.1) is 17.3 Å². The second-order valence-electron chi connectivity index (χ2n) is 13.0. The lowest BCUT2D eigenvalue weighted by atomic mass is 9.78. The van der Waals surface area contributed by atoms with Crippen LogP contribution in [0.25, 0.3) is 0 Å². The third-order valence-electron chi connectivity index (χ3n) is 9.66. The first-order valence-electron chi connectivity index (χ1n) is 15.4. The number of amides is 1. The number of hydrogen-bond donors (Lipinski definition) is 1. The van der Waals surface area contributed by atoms with E-state index < -0.39 is 6.09 Å². The van der Waals surface area contributed by atoms with Crippen molar-refractivity contribution in [1.29, 1.82) is 5.26 Å². The molecule has 230 valence electrons. The zero-order valence-corrected chi connectivity index (χ0v) is 26.1. The normalized spacial score (nSPS) is 20.9. The molecule has 3 aliphatic rings. The topological polar surface area (TPSA) is 106 Å². The Morgan fingerprint density at radius 1 is 1.05 bits per heavy atom. The Bertz CT molecular complexity index is 1520. The highest BCUT2D eigenvalue weighted by atomic mass is 35.5. The number of likely N-dealkylation sites (tertiary alicyclic amines) is 2. The van der Waals surface area contributed by atoms with Gasteiger partial charge in [0.15, 0.2) is 0 Å². The molecule has 0 saturated carbocycles. The molecule has 3 saturated heterocycles. The molecule has 1 amide bonds. The predicted molar refractivity (Wildman–Crippen MR) is 169 cm³/mol. The second-order valence-corrected chi connectivity index (χ2v) is 13.4. The van der Waals surface area contributed by atoms with Crippen molar-refractivity contribution in [3.05, 3.63) is 82.1 Å². The van der Waals surface area contributed by atoms with E-state index in [0.29, 0.717) is 48.0 Å². The number of carbonyl (C=O) groups is 1. The van der Waals surface area contributed by atoms with E-state index in [4.69, 9.17) is 21.3 Å². The molecule has 6 rings (SSSR count). The lowest BCUT2D eigenvalue weighted by Crippen LogP contribution is -2.41. The largest absolute Gasteiger partial charge is 0.487 e. The average Bonchev–Trinajstić information content (AvgIpc) is 3.59. The van der Waals surface area contributed by atoms with Gasteiger partial charge in [0.25, 0.3) is 0 Å². The molecule has 0 spiro atoms. The fourth-order valence-electron chi connectivity index (χ4n) is 7.00. The molecule has 4 heterocycles. The summed E-state index contributed by atoms with van der Waals surface area (Å²) in [6.07, 6.45) is 2.94. The van der Waals surface area contributed by atoms with E-state index in [1.165, 1.54) is 0 Å². The van der Waals surface area contributed by atoms with Crippen LogP contribution in [0.15, 0.2) is 54.7 Å². The molecule has 3 aromatic rings. The first-order chi connectivity index (χ1) is 21.2. The van der Waals surface area contributed by atoms with Crippen molar-refractivity contribution >= 4 is 23.6 Å². The van der Waals surface area contributed by atoms with Gasteiger partial charge in [-0.3, -0.25) is 0 Å². The van der Waals surface area contributed by atoms with Gasteiger partial charge in [0, 0.05) is 62.4 Å². The van der Waals surface area contributed by atoms with Crippen LogP contribution in [-0.4, -0.2) is 76.8 Å². The molecule has 3 aliphatic heterocycles. The molecule has 0 radical (unpaired) electrons. The van der Waals surface area contributed by atoms with Gasteiger partial charge in [-0.25, -0.2) is 14.8 Å². The summed E-state index contributed by atoms with van der Waals surface area (Å²) in [7, 11) is 0. The Labute approximate surface area is 264 Å². The number of hydrogen-bond acceptors (Lipinski definition) is 7. The Balaban J connectivity index is 1.00. The van der Waals surface area contributed by atoms with Crippen molar-refractivity contribution in [3.8, 4) is 11.8 Å². The van der Waals surface area contributed by atoms with Crippen LogP contribution < -0.4 is 9.64 Å². The van der Waals surface area contributed by atoms with Gasteiger partial charge in [-0.05, 0) is 78.1 Å². The summed E-state index contributed by atoms with van der Waals surface area (Å²) in [6.45, 7) is 11.1. The summed E-state index contributed by atoms with van der Waals surface area (Å²) in [5.74, 6) is 3.34. The van der Waals surface area contributed by atoms with Crippen LogP contribution in [0.3, 0.4) is 0 Å². The molecule has 2 unspecified atom stereocenters. The third-order valence-corrected chi connectivity index (χ3v) is 9.88. The van der Waals surface area contributed by atoms with E-state index in [-0.39, 0.29) is 5.41 Å². The van der Waals surface area contributed by atoms with E-state index >= 15 is 0 Å². The first-order valence-corrected chi connectivity index (χ1v) is 15.8. The number of aromatic nitrogens is 2. The van der Waals surface area contributed by atoms with Crippen LogP contribution >= 0.6 is 11.6 Å². The van der Waals surface area contributed by atoms with Gasteiger partial charge >= 0.3 is 6.09 Å². The number of anilines is 1. The number of carboxylic acid groups (broad SMARTS) is 1. The quantitative estimate of drug-likeness (QED) is 0.346. The monoisotopic (exact) mass is 614 g/mol. The number of ether oxygens (including phenoxy) is 1. The minimum absolute atomic E-state index is 0.332. The molecule has 44 heavy (non-hydrogen) atoms. The van der Waals surface area contributed by atoms with Crippen molar-refractivity contribution in [2.24, 2.45) is 17.8 Å². The summed E-state index contributed by atoms with van der Waals surface area (Å²) in [5.41, 5.74) is 3.15. The predicted octanol–water partition coefficient (Wildman–Crippen LogP) is 5.66. The Kier molecular flexibility index (Phi) is 8.66. The molecule has 2 aromatic carbocycles. The number of benzene rings is 2. The first kappa shape index (κ1) is 30.2. The van der Waals surface area contributed by atoms with Gasteiger partial charge < -0.3 is 24.5 Å². The lowest BCUT2D eigenvalue weighted by Gasteiger charge is -2.32. The highest BCUT2D eigenvalue weighted by Gasteiger charge is 2.41. The molecule has 1 N–H and O–H groups in total. The lowest BCUT2D eigenvalue weighted by molar-refractivity contribution is 0.116. The van der Waals surface area contributed by atoms with Gasteiger partial charge in [0.2, 0.25) is 5.95 Å². The molecule has 1 aromatic heterocycles. The minimum atomic E-state index is -0.793. The zero-order chi connectivity index (χ0) is 30.8. The summed E-state index contributed by atoms with van der Waals surface area (Å²) in [5, 5.41) is 19.1. The summed E-state index contributed by atoms with van der Waals surface area (Å²) in [4.78, 5) is 27.1. The molecule has 3 fully saturated rings. The molecule has 10 heteroatoms. The van der Waals surface area contributed by atoms with Crippen LogP contribution in [0.4, 0.5) is 10.7 Å². The Morgan fingerprint density at radius 2 is 1.75 bits per heavy atom. The molecule has 9 nitrogen and oxygen atoms in total. The number of nitrogens with zero attached hydrogens (tertiary/aromatic N) is 6. The van der Waals surface area contributed by atoms with Crippen molar-refractivity contribution in [3.63, 3.8) is 0 Å². The van der Waals surface area contributed by atoms with Crippen molar-refractivity contribution in [1.82, 2.24) is 19.8 Å².